The first kappa shape index (κ1) is 18.0. The van der Waals surface area contributed by atoms with Crippen LogP contribution in [0.4, 0.5) is 5.69 Å². The van der Waals surface area contributed by atoms with Gasteiger partial charge in [-0.1, -0.05) is 12.1 Å². The van der Waals surface area contributed by atoms with Crippen LogP contribution < -0.4 is 10.2 Å². The summed E-state index contributed by atoms with van der Waals surface area (Å²) < 4.78 is 0. The van der Waals surface area contributed by atoms with Crippen LogP contribution in [-0.4, -0.2) is 49.8 Å². The van der Waals surface area contributed by atoms with Gasteiger partial charge in [0.05, 0.1) is 5.92 Å². The molecule has 0 unspecified atom stereocenters. The maximum absolute atomic E-state index is 12.5. The van der Waals surface area contributed by atoms with Crippen LogP contribution in [0.1, 0.15) is 24.0 Å². The van der Waals surface area contributed by atoms with Gasteiger partial charge in [0.15, 0.2) is 0 Å². The van der Waals surface area contributed by atoms with Crippen molar-refractivity contribution >= 4 is 23.4 Å². The number of aryl methyl sites for hydroxylation is 1. The van der Waals surface area contributed by atoms with Crippen molar-refractivity contribution in [1.29, 1.82) is 0 Å². The lowest BCUT2D eigenvalue weighted by Gasteiger charge is -2.22. The van der Waals surface area contributed by atoms with Gasteiger partial charge >= 0.3 is 0 Å². The number of amides is 3. The molecule has 1 aromatic rings. The van der Waals surface area contributed by atoms with E-state index in [1.165, 1.54) is 0 Å². The Labute approximate surface area is 142 Å². The third-order valence-electron chi connectivity index (χ3n) is 4.67. The van der Waals surface area contributed by atoms with Crippen LogP contribution in [0, 0.1) is 19.8 Å². The highest BCUT2D eigenvalue weighted by atomic mass is 16.2. The second-order valence-corrected chi connectivity index (χ2v) is 6.31. The molecule has 1 atom stereocenters. The van der Waals surface area contributed by atoms with Crippen LogP contribution in [0.25, 0.3) is 0 Å². The molecule has 6 heteroatoms. The molecule has 24 heavy (non-hydrogen) atoms. The lowest BCUT2D eigenvalue weighted by molar-refractivity contribution is -0.135. The molecule has 1 aliphatic rings. The number of hydrogen-bond acceptors (Lipinski definition) is 3. The smallest absolute Gasteiger partial charge is 0.227 e. The van der Waals surface area contributed by atoms with Crippen molar-refractivity contribution < 1.29 is 14.4 Å². The topological polar surface area (TPSA) is 69.7 Å². The first-order valence-corrected chi connectivity index (χ1v) is 8.17. The fraction of sp³-hybridized carbons (Fsp3) is 0.500. The summed E-state index contributed by atoms with van der Waals surface area (Å²) in [4.78, 5) is 39.5. The van der Waals surface area contributed by atoms with E-state index in [4.69, 9.17) is 0 Å². The first-order chi connectivity index (χ1) is 11.3. The maximum atomic E-state index is 12.5. The summed E-state index contributed by atoms with van der Waals surface area (Å²) in [7, 11) is 3.25. The molecule has 3 amide bonds. The number of hydrogen-bond donors (Lipinski definition) is 1. The second-order valence-electron chi connectivity index (χ2n) is 6.31. The van der Waals surface area contributed by atoms with Gasteiger partial charge in [-0.15, -0.1) is 0 Å². The summed E-state index contributed by atoms with van der Waals surface area (Å²) in [6, 6.07) is 5.85. The molecule has 2 rings (SSSR count). The number of nitrogens with one attached hydrogen (secondary N) is 1. The summed E-state index contributed by atoms with van der Waals surface area (Å²) in [5.74, 6) is -0.567. The molecule has 0 aromatic heterocycles. The lowest BCUT2D eigenvalue weighted by Crippen LogP contribution is -2.37. The summed E-state index contributed by atoms with van der Waals surface area (Å²) in [5.41, 5.74) is 3.06. The number of anilines is 1. The van der Waals surface area contributed by atoms with Gasteiger partial charge in [0, 0.05) is 45.7 Å². The highest BCUT2D eigenvalue weighted by molar-refractivity contribution is 6.01. The van der Waals surface area contributed by atoms with Gasteiger partial charge in [0.1, 0.15) is 0 Å². The normalized spacial score (nSPS) is 17.1. The first-order valence-electron chi connectivity index (χ1n) is 8.17. The van der Waals surface area contributed by atoms with Crippen molar-refractivity contribution in [2.45, 2.75) is 26.7 Å². The van der Waals surface area contributed by atoms with Crippen molar-refractivity contribution in [2.24, 2.45) is 5.92 Å². The van der Waals surface area contributed by atoms with E-state index in [-0.39, 0.29) is 36.5 Å². The Morgan fingerprint density at radius 3 is 2.71 bits per heavy atom. The van der Waals surface area contributed by atoms with Crippen LogP contribution in [0.5, 0.6) is 0 Å². The Morgan fingerprint density at radius 1 is 1.33 bits per heavy atom. The average Bonchev–Trinajstić information content (AvgIpc) is 2.95. The molecule has 1 fully saturated rings. The second kappa shape index (κ2) is 7.47. The van der Waals surface area contributed by atoms with Crippen LogP contribution >= 0.6 is 0 Å². The van der Waals surface area contributed by atoms with Crippen molar-refractivity contribution in [2.75, 3.05) is 32.1 Å². The highest BCUT2D eigenvalue weighted by Crippen LogP contribution is 2.30. The summed E-state index contributed by atoms with van der Waals surface area (Å²) >= 11 is 0. The van der Waals surface area contributed by atoms with Crippen molar-refractivity contribution in [3.8, 4) is 0 Å². The maximum Gasteiger partial charge on any atom is 0.227 e. The zero-order valence-electron chi connectivity index (χ0n) is 14.8. The number of carbonyl (C=O) groups excluding carboxylic acids is 3. The minimum atomic E-state index is -0.355. The molecule has 0 spiro atoms. The Balaban J connectivity index is 2.05. The van der Waals surface area contributed by atoms with Gasteiger partial charge in [0.2, 0.25) is 17.7 Å². The van der Waals surface area contributed by atoms with Crippen molar-refractivity contribution in [3.05, 3.63) is 29.3 Å². The molecule has 1 N–H and O–H groups in total. The van der Waals surface area contributed by atoms with E-state index in [2.05, 4.69) is 5.32 Å². The molecule has 0 saturated carbocycles. The third-order valence-corrected chi connectivity index (χ3v) is 4.67. The van der Waals surface area contributed by atoms with Crippen molar-refractivity contribution in [1.82, 2.24) is 10.2 Å². The molecule has 0 aliphatic carbocycles. The van der Waals surface area contributed by atoms with Gasteiger partial charge in [-0.25, -0.2) is 0 Å². The SMILES string of the molecule is CNC(=O)CCN(C)C(=O)[C@H]1CC(=O)N(c2cccc(C)c2C)C1. The fourth-order valence-electron chi connectivity index (χ4n) is 2.95. The van der Waals surface area contributed by atoms with Crippen LogP contribution in [0.2, 0.25) is 0 Å². The van der Waals surface area contributed by atoms with E-state index in [1.54, 1.807) is 23.9 Å². The molecule has 1 heterocycles. The van der Waals surface area contributed by atoms with E-state index in [1.807, 2.05) is 32.0 Å². The van der Waals surface area contributed by atoms with Gasteiger partial charge in [-0.2, -0.15) is 0 Å². The monoisotopic (exact) mass is 331 g/mol. The van der Waals surface area contributed by atoms with E-state index in [9.17, 15) is 14.4 Å². The zero-order chi connectivity index (χ0) is 17.9. The molecule has 130 valence electrons. The van der Waals surface area contributed by atoms with Gasteiger partial charge in [-0.05, 0) is 31.0 Å². The number of carbonyl (C=O) groups is 3. The van der Waals surface area contributed by atoms with Gasteiger partial charge in [0.25, 0.3) is 0 Å². The quantitative estimate of drug-likeness (QED) is 0.883. The van der Waals surface area contributed by atoms with E-state index < -0.39 is 0 Å². The van der Waals surface area contributed by atoms with Crippen molar-refractivity contribution in [3.63, 3.8) is 0 Å². The largest absolute Gasteiger partial charge is 0.359 e. The molecule has 1 aromatic carbocycles. The Morgan fingerprint density at radius 2 is 2.04 bits per heavy atom. The molecule has 1 aliphatic heterocycles. The fourth-order valence-corrected chi connectivity index (χ4v) is 2.95. The van der Waals surface area contributed by atoms with Gasteiger partial charge < -0.3 is 15.1 Å². The Kier molecular flexibility index (Phi) is 5.59. The standard InChI is InChI=1S/C18H25N3O3/c1-12-6-5-7-15(13(12)2)21-11-14(10-17(21)23)18(24)20(4)9-8-16(22)19-3/h5-7,14H,8-11H2,1-4H3,(H,19,22)/t14-/m0/s1. The molecule has 1 saturated heterocycles. The predicted molar refractivity (Wildman–Crippen MR) is 92.7 cm³/mol. The summed E-state index contributed by atoms with van der Waals surface area (Å²) in [6.07, 6.45) is 0.483. The molecule has 0 radical (unpaired) electrons. The number of nitrogens with zero attached hydrogens (tertiary/aromatic N) is 2. The Bertz CT molecular complexity index is 657. The minimum absolute atomic E-state index is 0.0262. The van der Waals surface area contributed by atoms with Gasteiger partial charge in [-0.3, -0.25) is 14.4 Å². The average molecular weight is 331 g/mol. The summed E-state index contributed by atoms with van der Waals surface area (Å²) in [5, 5.41) is 2.54. The van der Waals surface area contributed by atoms with E-state index >= 15 is 0 Å². The Hall–Kier alpha value is -2.37. The number of benzene rings is 1. The highest BCUT2D eigenvalue weighted by Gasteiger charge is 2.37. The van der Waals surface area contributed by atoms with Crippen LogP contribution in [0.15, 0.2) is 18.2 Å². The predicted octanol–water partition coefficient (Wildman–Crippen LogP) is 1.25. The number of rotatable bonds is 5. The lowest BCUT2D eigenvalue weighted by atomic mass is 10.1. The molecule has 0 bridgehead atoms. The van der Waals surface area contributed by atoms with Crippen LogP contribution in [-0.2, 0) is 14.4 Å². The molecular formula is C18H25N3O3. The van der Waals surface area contributed by atoms with Crippen LogP contribution in [0.3, 0.4) is 0 Å². The van der Waals surface area contributed by atoms with E-state index in [0.29, 0.717) is 13.1 Å². The third kappa shape index (κ3) is 3.75. The molecule has 6 nitrogen and oxygen atoms in total. The molecular weight excluding hydrogens is 306 g/mol. The summed E-state index contributed by atoms with van der Waals surface area (Å²) in [6.45, 7) is 4.75. The zero-order valence-corrected chi connectivity index (χ0v) is 14.8. The van der Waals surface area contributed by atoms with E-state index in [0.717, 1.165) is 16.8 Å². The minimum Gasteiger partial charge on any atom is -0.359 e.